The smallest absolute Gasteiger partial charge is 0.249 e. The Kier molecular flexibility index (Phi) is 4.08. The number of furan rings is 1. The highest BCUT2D eigenvalue weighted by Crippen LogP contribution is 2.56. The molecule has 0 saturated carbocycles. The topological polar surface area (TPSA) is 104 Å². The van der Waals surface area contributed by atoms with Crippen molar-refractivity contribution in [3.8, 4) is 0 Å². The number of nitrogens with zero attached hydrogens (tertiary/aromatic N) is 4. The van der Waals surface area contributed by atoms with Gasteiger partial charge in [-0.25, -0.2) is 0 Å². The summed E-state index contributed by atoms with van der Waals surface area (Å²) >= 11 is 0. The van der Waals surface area contributed by atoms with Crippen LogP contribution in [-0.2, 0) is 25.7 Å². The predicted molar refractivity (Wildman–Crippen MR) is 106 cm³/mol. The van der Waals surface area contributed by atoms with Gasteiger partial charge in [-0.1, -0.05) is 6.07 Å². The highest BCUT2D eigenvalue weighted by molar-refractivity contribution is 6.12. The fraction of sp³-hybridized carbons (Fsp3) is 0.409. The van der Waals surface area contributed by atoms with Crippen LogP contribution in [0.3, 0.4) is 0 Å². The molecule has 0 aromatic carbocycles. The molecule has 0 spiro atoms. The van der Waals surface area contributed by atoms with Gasteiger partial charge in [-0.3, -0.25) is 29.1 Å². The van der Waals surface area contributed by atoms with Gasteiger partial charge in [0.05, 0.1) is 24.1 Å². The van der Waals surface area contributed by atoms with Crippen molar-refractivity contribution in [3.63, 3.8) is 0 Å². The van der Waals surface area contributed by atoms with Crippen LogP contribution in [-0.4, -0.2) is 62.4 Å². The molecular formula is C22H22N4O5. The van der Waals surface area contributed by atoms with Crippen LogP contribution in [0.2, 0.25) is 0 Å². The maximum absolute atomic E-state index is 13.8. The van der Waals surface area contributed by atoms with E-state index in [9.17, 15) is 19.2 Å². The van der Waals surface area contributed by atoms with Crippen molar-refractivity contribution >= 4 is 23.6 Å². The number of hydrogen-bond acceptors (Lipinski definition) is 6. The summed E-state index contributed by atoms with van der Waals surface area (Å²) in [7, 11) is 1.42. The van der Waals surface area contributed by atoms with Crippen LogP contribution < -0.4 is 0 Å². The molecule has 9 heteroatoms. The first-order chi connectivity index (χ1) is 14.7. The van der Waals surface area contributed by atoms with Crippen LogP contribution in [0.4, 0.5) is 0 Å². The molecule has 5 rings (SSSR count). The van der Waals surface area contributed by atoms with Crippen LogP contribution in [0.5, 0.6) is 0 Å². The number of hydrogen-bond donors (Lipinski definition) is 0. The van der Waals surface area contributed by atoms with Gasteiger partial charge in [0, 0.05) is 13.2 Å². The molecule has 0 radical (unpaired) electrons. The van der Waals surface area contributed by atoms with Crippen LogP contribution in [0.1, 0.15) is 30.2 Å². The first-order valence-electron chi connectivity index (χ1n) is 10.1. The number of aryl methyl sites for hydroxylation is 1. The van der Waals surface area contributed by atoms with Crippen molar-refractivity contribution < 1.29 is 23.6 Å². The van der Waals surface area contributed by atoms with Crippen molar-refractivity contribution in [2.24, 2.45) is 11.8 Å². The molecule has 0 N–H and O–H groups in total. The highest BCUT2D eigenvalue weighted by atomic mass is 16.3. The minimum atomic E-state index is -1.49. The molecule has 5 heterocycles. The van der Waals surface area contributed by atoms with E-state index >= 15 is 0 Å². The van der Waals surface area contributed by atoms with E-state index in [-0.39, 0.29) is 24.9 Å². The number of piperazine rings is 1. The molecule has 4 amide bonds. The lowest BCUT2D eigenvalue weighted by molar-refractivity contribution is -0.168. The Labute approximate surface area is 178 Å². The second-order valence-electron chi connectivity index (χ2n) is 8.53. The largest absolute Gasteiger partial charge is 0.464 e. The highest BCUT2D eigenvalue weighted by Gasteiger charge is 2.73. The van der Waals surface area contributed by atoms with Gasteiger partial charge in [-0.05, 0) is 38.1 Å². The summed E-state index contributed by atoms with van der Waals surface area (Å²) in [6.07, 6.45) is 1.62. The van der Waals surface area contributed by atoms with E-state index in [0.29, 0.717) is 17.2 Å². The average Bonchev–Trinajstić information content (AvgIpc) is 3.36. The zero-order valence-corrected chi connectivity index (χ0v) is 17.4. The van der Waals surface area contributed by atoms with Crippen LogP contribution in [0.25, 0.3) is 0 Å². The third kappa shape index (κ3) is 2.52. The number of carbonyl (C=O) groups excluding carboxylic acids is 4. The Bertz CT molecular complexity index is 1110. The van der Waals surface area contributed by atoms with Gasteiger partial charge < -0.3 is 14.2 Å². The molecule has 3 unspecified atom stereocenters. The van der Waals surface area contributed by atoms with E-state index in [1.54, 1.807) is 44.3 Å². The standard InChI is InChI=1S/C22H22N4O5/c1-12-7-8-14(31-12)18-16-17(20(29)24(3)19(16)28)22(2)21(30)25(11-15(27)26(18)22)10-13-6-4-5-9-23-13/h4-9,16-18H,10-11H2,1-3H3/t16?,17?,18?,22-/m1/s1. The first-order valence-corrected chi connectivity index (χ1v) is 10.1. The van der Waals surface area contributed by atoms with E-state index in [1.807, 2.05) is 6.07 Å². The zero-order valence-electron chi connectivity index (χ0n) is 17.4. The van der Waals surface area contributed by atoms with Crippen LogP contribution >= 0.6 is 0 Å². The Hall–Kier alpha value is -3.49. The number of amides is 4. The quantitative estimate of drug-likeness (QED) is 0.681. The Morgan fingerprint density at radius 3 is 2.55 bits per heavy atom. The first kappa shape index (κ1) is 19.5. The summed E-state index contributed by atoms with van der Waals surface area (Å²) in [5.41, 5.74) is -0.850. The second kappa shape index (κ2) is 6.50. The summed E-state index contributed by atoms with van der Waals surface area (Å²) in [5.74, 6) is -2.34. The predicted octanol–water partition coefficient (Wildman–Crippen LogP) is 0.898. The maximum Gasteiger partial charge on any atom is 0.249 e. The van der Waals surface area contributed by atoms with Gasteiger partial charge in [0.15, 0.2) is 0 Å². The monoisotopic (exact) mass is 422 g/mol. The summed E-state index contributed by atoms with van der Waals surface area (Å²) in [4.78, 5) is 61.4. The fourth-order valence-corrected chi connectivity index (χ4v) is 5.36. The third-order valence-electron chi connectivity index (χ3n) is 6.74. The molecule has 2 aromatic rings. The van der Waals surface area contributed by atoms with Gasteiger partial charge in [-0.2, -0.15) is 0 Å². The van der Waals surface area contributed by atoms with Crippen molar-refractivity contribution in [3.05, 3.63) is 53.7 Å². The molecule has 2 aromatic heterocycles. The summed E-state index contributed by atoms with van der Waals surface area (Å²) in [5, 5.41) is 0. The normalized spacial score (nSPS) is 30.3. The molecule has 3 aliphatic rings. The molecule has 0 bridgehead atoms. The molecule has 0 aliphatic carbocycles. The van der Waals surface area contributed by atoms with E-state index in [2.05, 4.69) is 4.98 Å². The van der Waals surface area contributed by atoms with Crippen LogP contribution in [0, 0.1) is 18.8 Å². The number of carbonyl (C=O) groups is 4. The van der Waals surface area contributed by atoms with Gasteiger partial charge >= 0.3 is 0 Å². The lowest BCUT2D eigenvalue weighted by atomic mass is 9.79. The molecule has 3 saturated heterocycles. The van der Waals surface area contributed by atoms with E-state index < -0.39 is 35.2 Å². The van der Waals surface area contributed by atoms with Gasteiger partial charge in [0.1, 0.15) is 29.6 Å². The fourth-order valence-electron chi connectivity index (χ4n) is 5.36. The number of pyridine rings is 1. The van der Waals surface area contributed by atoms with E-state index in [0.717, 1.165) is 4.90 Å². The Morgan fingerprint density at radius 2 is 1.90 bits per heavy atom. The minimum Gasteiger partial charge on any atom is -0.464 e. The summed E-state index contributed by atoms with van der Waals surface area (Å²) < 4.78 is 5.78. The zero-order chi connectivity index (χ0) is 22.1. The molecule has 4 atom stereocenters. The van der Waals surface area contributed by atoms with Crippen molar-refractivity contribution in [1.29, 1.82) is 0 Å². The van der Waals surface area contributed by atoms with Crippen molar-refractivity contribution in [1.82, 2.24) is 19.7 Å². The molecular weight excluding hydrogens is 400 g/mol. The average molecular weight is 422 g/mol. The molecule has 9 nitrogen and oxygen atoms in total. The number of rotatable bonds is 3. The molecule has 3 aliphatic heterocycles. The number of imide groups is 1. The Morgan fingerprint density at radius 1 is 1.13 bits per heavy atom. The van der Waals surface area contributed by atoms with Crippen LogP contribution in [0.15, 0.2) is 40.9 Å². The van der Waals surface area contributed by atoms with Gasteiger partial charge in [-0.15, -0.1) is 0 Å². The number of aromatic nitrogens is 1. The SMILES string of the molecule is Cc1ccc(C2C3C(=O)N(C)C(=O)C3[C@]3(C)C(=O)N(Cc4ccccn4)CC(=O)N23)o1. The Balaban J connectivity index is 1.62. The van der Waals surface area contributed by atoms with Crippen molar-refractivity contribution in [2.75, 3.05) is 13.6 Å². The van der Waals surface area contributed by atoms with Crippen molar-refractivity contribution in [2.45, 2.75) is 32.0 Å². The molecule has 160 valence electrons. The van der Waals surface area contributed by atoms with Gasteiger partial charge in [0.25, 0.3) is 0 Å². The number of fused-ring (bicyclic) bond motifs is 3. The second-order valence-corrected chi connectivity index (χ2v) is 8.53. The molecule has 3 fully saturated rings. The lowest BCUT2D eigenvalue weighted by Crippen LogP contribution is -2.67. The summed E-state index contributed by atoms with van der Waals surface area (Å²) in [6.45, 7) is 3.35. The van der Waals surface area contributed by atoms with E-state index in [4.69, 9.17) is 4.42 Å². The third-order valence-corrected chi connectivity index (χ3v) is 6.74. The van der Waals surface area contributed by atoms with E-state index in [1.165, 1.54) is 16.8 Å². The minimum absolute atomic E-state index is 0.148. The lowest BCUT2D eigenvalue weighted by Gasteiger charge is -2.46. The summed E-state index contributed by atoms with van der Waals surface area (Å²) in [6, 6.07) is 7.99. The molecule has 31 heavy (non-hydrogen) atoms. The number of likely N-dealkylation sites (tertiary alicyclic amines) is 1. The van der Waals surface area contributed by atoms with Gasteiger partial charge in [0.2, 0.25) is 23.6 Å². The maximum atomic E-state index is 13.8.